The van der Waals surface area contributed by atoms with E-state index in [1.807, 2.05) is 47.0 Å². The Labute approximate surface area is 124 Å². The average molecular weight is 289 g/mol. The maximum atomic E-state index is 11.2. The Morgan fingerprint density at radius 3 is 2.53 bits per heavy atom. The van der Waals surface area contributed by atoms with Crippen LogP contribution in [0.5, 0.6) is 11.5 Å². The summed E-state index contributed by atoms with van der Waals surface area (Å²) in [6, 6.07) is 14.5. The number of benzene rings is 2. The van der Waals surface area contributed by atoms with Gasteiger partial charge in [0.25, 0.3) is 0 Å². The maximum absolute atomic E-state index is 11.2. The third kappa shape index (κ3) is 4.29. The summed E-state index contributed by atoms with van der Waals surface area (Å²) in [6.07, 6.45) is 0.148. The summed E-state index contributed by atoms with van der Waals surface area (Å²) in [5.74, 6) is 0.951. The van der Waals surface area contributed by atoms with Crippen molar-refractivity contribution in [3.05, 3.63) is 59.1 Å². The van der Waals surface area contributed by atoms with Crippen LogP contribution in [0.1, 0.15) is 5.56 Å². The molecule has 0 unspecified atom stereocenters. The fourth-order valence-electron chi connectivity index (χ4n) is 1.61. The van der Waals surface area contributed by atoms with Crippen LogP contribution in [0, 0.1) is 0 Å². The molecule has 5 heteroatoms. The van der Waals surface area contributed by atoms with Gasteiger partial charge in [0.15, 0.2) is 0 Å². The molecule has 0 spiro atoms. The van der Waals surface area contributed by atoms with E-state index in [0.717, 1.165) is 5.56 Å². The summed E-state index contributed by atoms with van der Waals surface area (Å²) in [4.78, 5) is 11.2. The van der Waals surface area contributed by atoms with Crippen LogP contribution in [0.15, 0.2) is 48.5 Å². The molecule has 0 aliphatic rings. The van der Waals surface area contributed by atoms with Crippen LogP contribution in [0.3, 0.4) is 0 Å². The molecule has 0 aliphatic carbocycles. The van der Waals surface area contributed by atoms with Crippen molar-refractivity contribution in [2.24, 2.45) is 0 Å². The Bertz CT molecular complexity index is 572. The van der Waals surface area contributed by atoms with Crippen LogP contribution in [-0.2, 0) is 15.0 Å². The average Bonchev–Trinajstić information content (AvgIpc) is 2.39. The summed E-state index contributed by atoms with van der Waals surface area (Å²) in [7, 11) is 0. The van der Waals surface area contributed by atoms with E-state index in [1.54, 1.807) is 18.2 Å². The third-order valence-corrected chi connectivity index (χ3v) is 2.87. The topological polar surface area (TPSA) is 35.5 Å². The molecule has 0 N–H and O–H groups in total. The number of hydrogen-bond acceptors (Lipinski definition) is 3. The molecule has 19 heavy (non-hydrogen) atoms. The second kappa shape index (κ2) is 6.63. The first kappa shape index (κ1) is 14.0. The molecule has 2 rings (SSSR count). The molecule has 0 saturated heterocycles. The van der Waals surface area contributed by atoms with Crippen molar-refractivity contribution in [2.45, 2.75) is 6.42 Å². The molecule has 0 bridgehead atoms. The van der Waals surface area contributed by atoms with Crippen LogP contribution >= 0.6 is 11.6 Å². The van der Waals surface area contributed by atoms with Crippen LogP contribution < -0.4 is 4.74 Å². The summed E-state index contributed by atoms with van der Waals surface area (Å²) in [5, 5.41) is 0.514. The summed E-state index contributed by atoms with van der Waals surface area (Å²) >= 11 is 7.94. The van der Waals surface area contributed by atoms with Crippen molar-refractivity contribution in [1.29, 1.82) is 0 Å². The minimum atomic E-state index is -0.349. The third-order valence-electron chi connectivity index (χ3n) is 2.39. The minimum absolute atomic E-state index is 0.148. The van der Waals surface area contributed by atoms with Gasteiger partial charge in [-0.15, -0.1) is 0 Å². The molecule has 0 fully saturated rings. The zero-order chi connectivity index (χ0) is 13.7. The van der Waals surface area contributed by atoms with Crippen molar-refractivity contribution in [1.82, 2.24) is 0 Å². The van der Waals surface area contributed by atoms with E-state index in [-0.39, 0.29) is 12.4 Å². The van der Waals surface area contributed by atoms with E-state index >= 15 is 0 Å². The first-order chi connectivity index (χ1) is 9.17. The number of hydrogen-bond donors (Lipinski definition) is 0. The van der Waals surface area contributed by atoms with Gasteiger partial charge in [0.2, 0.25) is 0 Å². The van der Waals surface area contributed by atoms with Crippen LogP contribution in [0.2, 0.25) is 5.02 Å². The van der Waals surface area contributed by atoms with Gasteiger partial charge in [0.05, 0.1) is 0 Å². The SMILES string of the molecule is O=C(Cc1cc(Cl)cc(Oc2ccccc2)c1)[O][Al+2]. The molecule has 3 nitrogen and oxygen atoms in total. The van der Waals surface area contributed by atoms with Gasteiger partial charge in [-0.1, -0.05) is 0 Å². The molecule has 0 radical (unpaired) electrons. The first-order valence-electron chi connectivity index (χ1n) is 5.59. The Hall–Kier alpha value is -1.47. The fraction of sp³-hybridized carbons (Fsp3) is 0.0714. The van der Waals surface area contributed by atoms with E-state index in [1.165, 1.54) is 0 Å². The number of carbonyl (C=O) groups excluding carboxylic acids is 1. The summed E-state index contributed by atoms with van der Waals surface area (Å²) < 4.78 is 10.2. The molecular formula is C14H10AlClO3+2. The van der Waals surface area contributed by atoms with Crippen molar-refractivity contribution in [3.63, 3.8) is 0 Å². The van der Waals surface area contributed by atoms with Gasteiger partial charge in [0.1, 0.15) is 0 Å². The van der Waals surface area contributed by atoms with Crippen molar-refractivity contribution < 1.29 is 13.3 Å². The number of carbonyl (C=O) groups is 1. The number of rotatable bonds is 4. The molecule has 2 aromatic rings. The van der Waals surface area contributed by atoms with Crippen molar-refractivity contribution >= 4 is 34.2 Å². The van der Waals surface area contributed by atoms with Gasteiger partial charge >= 0.3 is 125 Å². The fourth-order valence-corrected chi connectivity index (χ4v) is 1.95. The predicted molar refractivity (Wildman–Crippen MR) is 73.5 cm³/mol. The molecule has 0 aliphatic heterocycles. The number of ether oxygens (including phenoxy) is 1. The zero-order valence-electron chi connectivity index (χ0n) is 10.0. The predicted octanol–water partition coefficient (Wildman–Crippen LogP) is 3.30. The van der Waals surface area contributed by atoms with Crippen LogP contribution in [0.25, 0.3) is 0 Å². The molecule has 0 atom stereocenters. The Morgan fingerprint density at radius 2 is 1.84 bits per heavy atom. The van der Waals surface area contributed by atoms with Crippen LogP contribution in [-0.4, -0.2) is 22.6 Å². The monoisotopic (exact) mass is 288 g/mol. The Kier molecular flexibility index (Phi) is 4.87. The second-order valence-electron chi connectivity index (χ2n) is 3.88. The molecule has 2 aromatic carbocycles. The molecule has 0 amide bonds. The van der Waals surface area contributed by atoms with E-state index in [4.69, 9.17) is 16.3 Å². The van der Waals surface area contributed by atoms with Gasteiger partial charge in [-0.25, -0.2) is 0 Å². The standard InChI is InChI=1S/C14H11ClO3.Al/c15-11-6-10(8-14(16)17)7-13(9-11)18-12-4-2-1-3-5-12;/h1-7,9H,8H2,(H,16,17);/q;+3/p-1. The van der Waals surface area contributed by atoms with Gasteiger partial charge in [-0.05, 0) is 0 Å². The molecule has 0 saturated carbocycles. The van der Waals surface area contributed by atoms with E-state index in [9.17, 15) is 4.79 Å². The second-order valence-corrected chi connectivity index (χ2v) is 4.55. The molecule has 0 heterocycles. The molecule has 0 aromatic heterocycles. The van der Waals surface area contributed by atoms with Crippen molar-refractivity contribution in [2.75, 3.05) is 0 Å². The number of para-hydroxylation sites is 1. The van der Waals surface area contributed by atoms with E-state index in [0.29, 0.717) is 16.5 Å². The van der Waals surface area contributed by atoms with Gasteiger partial charge in [-0.3, -0.25) is 0 Å². The zero-order valence-corrected chi connectivity index (χ0v) is 11.9. The quantitative estimate of drug-likeness (QED) is 0.810. The van der Waals surface area contributed by atoms with Gasteiger partial charge in [-0.2, -0.15) is 0 Å². The molecule has 92 valence electrons. The summed E-state index contributed by atoms with van der Waals surface area (Å²) in [5.41, 5.74) is 0.742. The summed E-state index contributed by atoms with van der Waals surface area (Å²) in [6.45, 7) is 0. The van der Waals surface area contributed by atoms with Crippen molar-refractivity contribution in [3.8, 4) is 11.5 Å². The van der Waals surface area contributed by atoms with Crippen LogP contribution in [0.4, 0.5) is 0 Å². The normalized spacial score (nSPS) is 10.1. The van der Waals surface area contributed by atoms with Gasteiger partial charge in [0, 0.05) is 0 Å². The Balaban J connectivity index is 2.19. The van der Waals surface area contributed by atoms with E-state index < -0.39 is 0 Å². The van der Waals surface area contributed by atoms with E-state index in [2.05, 4.69) is 3.79 Å². The number of halogens is 1. The molecular weight excluding hydrogens is 279 g/mol. The first-order valence-corrected chi connectivity index (χ1v) is 6.44. The Morgan fingerprint density at radius 1 is 1.11 bits per heavy atom. The van der Waals surface area contributed by atoms with Gasteiger partial charge < -0.3 is 0 Å².